The molecule has 0 saturated heterocycles. The minimum absolute atomic E-state index is 0.355. The number of fused-ring (bicyclic) bond motifs is 1. The molecule has 1 N–H and O–H groups in total. The number of carbonyl (C=O) groups is 1. The molecule has 6 nitrogen and oxygen atoms in total. The summed E-state index contributed by atoms with van der Waals surface area (Å²) in [5.74, 6) is 0.851. The molecule has 0 aromatic heterocycles. The van der Waals surface area contributed by atoms with Crippen LogP contribution in [0.25, 0.3) is 0 Å². The monoisotopic (exact) mass is 392 g/mol. The zero-order valence-electron chi connectivity index (χ0n) is 15.8. The van der Waals surface area contributed by atoms with Crippen molar-refractivity contribution in [3.05, 3.63) is 83.9 Å². The molecule has 1 heterocycles. The van der Waals surface area contributed by atoms with Crippen LogP contribution in [0.5, 0.6) is 23.0 Å². The first-order valence-corrected chi connectivity index (χ1v) is 9.15. The maximum atomic E-state index is 11.8. The Morgan fingerprint density at radius 3 is 2.31 bits per heavy atom. The Balaban J connectivity index is 1.64. The first-order valence-electron chi connectivity index (χ1n) is 9.15. The van der Waals surface area contributed by atoms with Gasteiger partial charge in [-0.3, -0.25) is 0 Å². The van der Waals surface area contributed by atoms with Crippen LogP contribution in [0, 0.1) is 0 Å². The summed E-state index contributed by atoms with van der Waals surface area (Å²) < 4.78 is 23.0. The van der Waals surface area contributed by atoms with Crippen molar-refractivity contribution in [3.63, 3.8) is 0 Å². The highest BCUT2D eigenvalue weighted by atomic mass is 16.6. The van der Waals surface area contributed by atoms with Gasteiger partial charge in [0.15, 0.2) is 29.1 Å². The molecule has 0 fully saturated rings. The molecule has 0 spiro atoms. The van der Waals surface area contributed by atoms with E-state index in [1.165, 1.54) is 0 Å². The fourth-order valence-electron chi connectivity index (χ4n) is 3.18. The largest absolute Gasteiger partial charge is 0.493 e. The SMILES string of the molecule is COc1ccc(C2Oc3ccccc3OC2C(=O)O)cc1OCc1ccccc1. The van der Waals surface area contributed by atoms with Crippen molar-refractivity contribution in [1.29, 1.82) is 0 Å². The quantitative estimate of drug-likeness (QED) is 0.676. The predicted molar refractivity (Wildman–Crippen MR) is 106 cm³/mol. The second-order valence-electron chi connectivity index (χ2n) is 6.55. The summed E-state index contributed by atoms with van der Waals surface area (Å²) in [5.41, 5.74) is 1.63. The standard InChI is InChI=1S/C23H20O6/c1-26-17-12-11-16(13-20(17)27-14-15-7-3-2-4-8-15)21-22(23(24)25)29-19-10-6-5-9-18(19)28-21/h2-13,21-22H,14H2,1H3,(H,24,25). The van der Waals surface area contributed by atoms with Gasteiger partial charge in [-0.1, -0.05) is 48.5 Å². The Hall–Kier alpha value is -3.67. The lowest BCUT2D eigenvalue weighted by Crippen LogP contribution is -2.39. The second-order valence-corrected chi connectivity index (χ2v) is 6.55. The Bertz CT molecular complexity index is 1000. The lowest BCUT2D eigenvalue weighted by Gasteiger charge is -2.32. The van der Waals surface area contributed by atoms with Gasteiger partial charge in [0.2, 0.25) is 6.10 Å². The average Bonchev–Trinajstić information content (AvgIpc) is 2.77. The molecule has 4 rings (SSSR count). The highest BCUT2D eigenvalue weighted by molar-refractivity contribution is 5.75. The third-order valence-corrected chi connectivity index (χ3v) is 4.63. The average molecular weight is 392 g/mol. The molecule has 0 aliphatic carbocycles. The van der Waals surface area contributed by atoms with Crippen molar-refractivity contribution in [2.24, 2.45) is 0 Å². The normalized spacial score (nSPS) is 17.4. The van der Waals surface area contributed by atoms with Gasteiger partial charge in [-0.2, -0.15) is 0 Å². The summed E-state index contributed by atoms with van der Waals surface area (Å²) >= 11 is 0. The highest BCUT2D eigenvalue weighted by Crippen LogP contribution is 2.41. The molecule has 1 aliphatic rings. The van der Waals surface area contributed by atoms with E-state index >= 15 is 0 Å². The molecule has 0 radical (unpaired) electrons. The number of hydrogen-bond donors (Lipinski definition) is 1. The minimum atomic E-state index is -1.18. The van der Waals surface area contributed by atoms with Crippen molar-refractivity contribution in [1.82, 2.24) is 0 Å². The Kier molecular flexibility index (Phi) is 5.24. The third-order valence-electron chi connectivity index (χ3n) is 4.63. The topological polar surface area (TPSA) is 74.2 Å². The maximum Gasteiger partial charge on any atom is 0.349 e. The number of benzene rings is 3. The number of carboxylic acid groups (broad SMARTS) is 1. The van der Waals surface area contributed by atoms with E-state index in [0.717, 1.165) is 5.56 Å². The molecule has 6 heteroatoms. The molecular weight excluding hydrogens is 372 g/mol. The molecule has 2 atom stereocenters. The van der Waals surface area contributed by atoms with E-state index in [4.69, 9.17) is 18.9 Å². The fraction of sp³-hybridized carbons (Fsp3) is 0.174. The molecular formula is C23H20O6. The van der Waals surface area contributed by atoms with Crippen LogP contribution in [-0.2, 0) is 11.4 Å². The molecule has 29 heavy (non-hydrogen) atoms. The van der Waals surface area contributed by atoms with E-state index in [1.54, 1.807) is 43.5 Å². The summed E-state index contributed by atoms with van der Waals surface area (Å²) in [4.78, 5) is 11.8. The Morgan fingerprint density at radius 1 is 0.931 bits per heavy atom. The van der Waals surface area contributed by atoms with Gasteiger partial charge in [0.1, 0.15) is 6.61 Å². The number of para-hydroxylation sites is 2. The number of aliphatic carboxylic acids is 1. The molecule has 3 aromatic rings. The van der Waals surface area contributed by atoms with Crippen molar-refractivity contribution >= 4 is 5.97 Å². The lowest BCUT2D eigenvalue weighted by atomic mass is 10.0. The summed E-state index contributed by atoms with van der Waals surface area (Å²) in [5, 5.41) is 9.66. The van der Waals surface area contributed by atoms with Gasteiger partial charge >= 0.3 is 5.97 Å². The van der Waals surface area contributed by atoms with E-state index in [9.17, 15) is 9.90 Å². The number of hydrogen-bond acceptors (Lipinski definition) is 5. The smallest absolute Gasteiger partial charge is 0.349 e. The van der Waals surface area contributed by atoms with E-state index in [0.29, 0.717) is 35.2 Å². The fourth-order valence-corrected chi connectivity index (χ4v) is 3.18. The van der Waals surface area contributed by atoms with Crippen LogP contribution in [0.2, 0.25) is 0 Å². The molecule has 0 bridgehead atoms. The van der Waals surface area contributed by atoms with Crippen molar-refractivity contribution in [3.8, 4) is 23.0 Å². The van der Waals surface area contributed by atoms with Gasteiger partial charge in [-0.25, -0.2) is 4.79 Å². The van der Waals surface area contributed by atoms with Crippen LogP contribution in [0.1, 0.15) is 17.2 Å². The van der Waals surface area contributed by atoms with Crippen molar-refractivity contribution in [2.45, 2.75) is 18.8 Å². The van der Waals surface area contributed by atoms with Crippen molar-refractivity contribution < 1.29 is 28.8 Å². The van der Waals surface area contributed by atoms with Gasteiger partial charge in [0.05, 0.1) is 7.11 Å². The van der Waals surface area contributed by atoms with Crippen LogP contribution in [0.4, 0.5) is 0 Å². The molecule has 148 valence electrons. The Labute approximate surface area is 168 Å². The number of rotatable bonds is 6. The van der Waals surface area contributed by atoms with E-state index in [1.807, 2.05) is 36.4 Å². The summed E-state index contributed by atoms with van der Waals surface area (Å²) in [6.45, 7) is 0.355. The van der Waals surface area contributed by atoms with Gasteiger partial charge < -0.3 is 24.1 Å². The molecule has 1 aliphatic heterocycles. The minimum Gasteiger partial charge on any atom is -0.493 e. The number of methoxy groups -OCH3 is 1. The summed E-state index contributed by atoms with van der Waals surface area (Å²) in [6.07, 6.45) is -2.01. The second kappa shape index (κ2) is 8.14. The molecule has 0 amide bonds. The maximum absolute atomic E-state index is 11.8. The first kappa shape index (κ1) is 18.7. The summed E-state index contributed by atoms with van der Waals surface area (Å²) in [7, 11) is 1.56. The lowest BCUT2D eigenvalue weighted by molar-refractivity contribution is -0.151. The van der Waals surface area contributed by atoms with Crippen LogP contribution in [0.15, 0.2) is 72.8 Å². The molecule has 0 saturated carbocycles. The van der Waals surface area contributed by atoms with Gasteiger partial charge in [0, 0.05) is 5.56 Å². The number of ether oxygens (including phenoxy) is 4. The van der Waals surface area contributed by atoms with Crippen LogP contribution >= 0.6 is 0 Å². The Morgan fingerprint density at radius 2 is 1.62 bits per heavy atom. The van der Waals surface area contributed by atoms with Crippen molar-refractivity contribution in [2.75, 3.05) is 7.11 Å². The zero-order chi connectivity index (χ0) is 20.2. The van der Waals surface area contributed by atoms with E-state index in [-0.39, 0.29) is 0 Å². The number of carboxylic acids is 1. The van der Waals surface area contributed by atoms with Gasteiger partial charge in [0.25, 0.3) is 0 Å². The van der Waals surface area contributed by atoms with Crippen LogP contribution in [-0.4, -0.2) is 24.3 Å². The predicted octanol–water partition coefficient (Wildman–Crippen LogP) is 4.24. The highest BCUT2D eigenvalue weighted by Gasteiger charge is 2.38. The molecule has 3 aromatic carbocycles. The summed E-state index contributed by atoms with van der Waals surface area (Å²) in [6, 6.07) is 22.0. The zero-order valence-corrected chi connectivity index (χ0v) is 15.8. The van der Waals surface area contributed by atoms with E-state index in [2.05, 4.69) is 0 Å². The van der Waals surface area contributed by atoms with Gasteiger partial charge in [-0.15, -0.1) is 0 Å². The van der Waals surface area contributed by atoms with E-state index < -0.39 is 18.2 Å². The van der Waals surface area contributed by atoms with Crippen LogP contribution in [0.3, 0.4) is 0 Å². The molecule has 2 unspecified atom stereocenters. The van der Waals surface area contributed by atoms with Gasteiger partial charge in [-0.05, 0) is 29.8 Å². The van der Waals surface area contributed by atoms with Crippen LogP contribution < -0.4 is 18.9 Å². The first-order chi connectivity index (χ1) is 14.2. The third kappa shape index (κ3) is 3.96.